The molecule has 3 rings (SSSR count). The molecule has 15 heavy (non-hydrogen) atoms. The Morgan fingerprint density at radius 1 is 1.20 bits per heavy atom. The molecule has 0 bridgehead atoms. The van der Waals surface area contributed by atoms with Crippen LogP contribution in [0.4, 0.5) is 5.69 Å². The molecule has 0 unspecified atom stereocenters. The van der Waals surface area contributed by atoms with Crippen molar-refractivity contribution in [1.82, 2.24) is 5.32 Å². The van der Waals surface area contributed by atoms with Gasteiger partial charge in [-0.1, -0.05) is 18.2 Å². The zero-order valence-electron chi connectivity index (χ0n) is 9.00. The number of nitrogens with one attached hydrogen (secondary N) is 2. The average molecular weight is 202 g/mol. The van der Waals surface area contributed by atoms with Crippen molar-refractivity contribution >= 4 is 5.69 Å². The quantitative estimate of drug-likeness (QED) is 0.768. The molecule has 2 fully saturated rings. The second-order valence-electron chi connectivity index (χ2n) is 5.04. The lowest BCUT2D eigenvalue weighted by atomic mass is 9.65. The van der Waals surface area contributed by atoms with Gasteiger partial charge in [0.05, 0.1) is 0 Å². The van der Waals surface area contributed by atoms with Crippen molar-refractivity contribution in [3.8, 4) is 0 Å². The van der Waals surface area contributed by atoms with Crippen LogP contribution in [-0.4, -0.2) is 19.1 Å². The monoisotopic (exact) mass is 202 g/mol. The number of hydrogen-bond donors (Lipinski definition) is 2. The Morgan fingerprint density at radius 3 is 2.67 bits per heavy atom. The highest BCUT2D eigenvalue weighted by Crippen LogP contribution is 2.46. The Kier molecular flexibility index (Phi) is 2.17. The van der Waals surface area contributed by atoms with Gasteiger partial charge in [-0.15, -0.1) is 0 Å². The Balaban J connectivity index is 1.56. The molecule has 1 aromatic rings. The second-order valence-corrected chi connectivity index (χ2v) is 5.04. The molecule has 2 N–H and O–H groups in total. The van der Waals surface area contributed by atoms with Crippen LogP contribution in [0.15, 0.2) is 30.3 Å². The standard InChI is InChI=1S/C13H18N2/c1-2-4-11(5-3-1)15-12-8-13(9-12)6-7-14-10-13/h1-5,12,14-15H,6-10H2. The first-order valence-electron chi connectivity index (χ1n) is 5.89. The van der Waals surface area contributed by atoms with Gasteiger partial charge in [0.15, 0.2) is 0 Å². The zero-order chi connectivity index (χ0) is 10.1. The minimum atomic E-state index is 0.645. The van der Waals surface area contributed by atoms with E-state index in [0.717, 1.165) is 0 Å². The predicted molar refractivity (Wildman–Crippen MR) is 63.0 cm³/mol. The van der Waals surface area contributed by atoms with Gasteiger partial charge < -0.3 is 10.6 Å². The van der Waals surface area contributed by atoms with E-state index in [1.165, 1.54) is 38.0 Å². The molecular weight excluding hydrogens is 184 g/mol. The predicted octanol–water partition coefficient (Wildman–Crippen LogP) is 2.24. The molecule has 1 aromatic carbocycles. The molecule has 1 aliphatic heterocycles. The Labute approximate surface area is 91.1 Å². The normalized spacial score (nSPS) is 34.0. The maximum atomic E-state index is 3.60. The third kappa shape index (κ3) is 1.74. The van der Waals surface area contributed by atoms with Gasteiger partial charge in [0.1, 0.15) is 0 Å². The number of hydrogen-bond acceptors (Lipinski definition) is 2. The van der Waals surface area contributed by atoms with Gasteiger partial charge in [-0.2, -0.15) is 0 Å². The molecule has 2 heteroatoms. The summed E-state index contributed by atoms with van der Waals surface area (Å²) in [4.78, 5) is 0. The SMILES string of the molecule is c1ccc(NC2CC3(CCNC3)C2)cc1. The van der Waals surface area contributed by atoms with Gasteiger partial charge in [-0.05, 0) is 43.4 Å². The molecule has 1 spiro atoms. The zero-order valence-corrected chi connectivity index (χ0v) is 9.00. The Bertz CT molecular complexity index is 320. The van der Waals surface area contributed by atoms with Gasteiger partial charge in [-0.3, -0.25) is 0 Å². The van der Waals surface area contributed by atoms with Crippen LogP contribution in [0.2, 0.25) is 0 Å². The van der Waals surface area contributed by atoms with Crippen molar-refractivity contribution in [2.24, 2.45) is 5.41 Å². The topological polar surface area (TPSA) is 24.1 Å². The summed E-state index contributed by atoms with van der Waals surface area (Å²) in [6, 6.07) is 11.2. The summed E-state index contributed by atoms with van der Waals surface area (Å²) in [6.07, 6.45) is 4.06. The van der Waals surface area contributed by atoms with E-state index in [4.69, 9.17) is 0 Å². The third-order valence-corrected chi connectivity index (χ3v) is 3.84. The number of anilines is 1. The van der Waals surface area contributed by atoms with E-state index in [9.17, 15) is 0 Å². The van der Waals surface area contributed by atoms with Gasteiger partial charge in [-0.25, -0.2) is 0 Å². The molecule has 0 amide bonds. The summed E-state index contributed by atoms with van der Waals surface area (Å²) in [5.74, 6) is 0. The van der Waals surface area contributed by atoms with E-state index in [1.807, 2.05) is 0 Å². The highest BCUT2D eigenvalue weighted by molar-refractivity contribution is 5.44. The van der Waals surface area contributed by atoms with Crippen LogP contribution < -0.4 is 10.6 Å². The number of rotatable bonds is 2. The highest BCUT2D eigenvalue weighted by atomic mass is 15.0. The molecule has 1 saturated carbocycles. The van der Waals surface area contributed by atoms with Gasteiger partial charge in [0.25, 0.3) is 0 Å². The number of benzene rings is 1. The molecule has 0 atom stereocenters. The molecule has 80 valence electrons. The summed E-state index contributed by atoms with van der Waals surface area (Å²) in [5.41, 5.74) is 1.91. The molecular formula is C13H18N2. The van der Waals surface area contributed by atoms with Crippen molar-refractivity contribution in [3.63, 3.8) is 0 Å². The molecule has 2 nitrogen and oxygen atoms in total. The molecule has 1 heterocycles. The van der Waals surface area contributed by atoms with Crippen molar-refractivity contribution in [2.45, 2.75) is 25.3 Å². The highest BCUT2D eigenvalue weighted by Gasteiger charge is 2.45. The van der Waals surface area contributed by atoms with E-state index in [2.05, 4.69) is 41.0 Å². The largest absolute Gasteiger partial charge is 0.382 e. The lowest BCUT2D eigenvalue weighted by molar-refractivity contribution is 0.142. The Hall–Kier alpha value is -1.02. The average Bonchev–Trinajstić information content (AvgIpc) is 2.68. The van der Waals surface area contributed by atoms with Crippen LogP contribution in [0.1, 0.15) is 19.3 Å². The van der Waals surface area contributed by atoms with Gasteiger partial charge >= 0.3 is 0 Å². The minimum Gasteiger partial charge on any atom is -0.382 e. The van der Waals surface area contributed by atoms with Crippen molar-refractivity contribution in [3.05, 3.63) is 30.3 Å². The lowest BCUT2D eigenvalue weighted by Crippen LogP contribution is -2.46. The van der Waals surface area contributed by atoms with Crippen molar-refractivity contribution < 1.29 is 0 Å². The van der Waals surface area contributed by atoms with E-state index in [0.29, 0.717) is 11.5 Å². The van der Waals surface area contributed by atoms with Crippen molar-refractivity contribution in [2.75, 3.05) is 18.4 Å². The fraction of sp³-hybridized carbons (Fsp3) is 0.538. The summed E-state index contributed by atoms with van der Waals surface area (Å²) >= 11 is 0. The first kappa shape index (κ1) is 9.22. The fourth-order valence-corrected chi connectivity index (χ4v) is 3.00. The summed E-state index contributed by atoms with van der Waals surface area (Å²) in [6.45, 7) is 2.46. The summed E-state index contributed by atoms with van der Waals surface area (Å²) in [7, 11) is 0. The van der Waals surface area contributed by atoms with E-state index in [-0.39, 0.29) is 0 Å². The molecule has 1 aliphatic carbocycles. The van der Waals surface area contributed by atoms with E-state index >= 15 is 0 Å². The van der Waals surface area contributed by atoms with Crippen LogP contribution in [-0.2, 0) is 0 Å². The lowest BCUT2D eigenvalue weighted by Gasteiger charge is -2.45. The first-order chi connectivity index (χ1) is 7.36. The van der Waals surface area contributed by atoms with Gasteiger partial charge in [0.2, 0.25) is 0 Å². The molecule has 0 radical (unpaired) electrons. The maximum absolute atomic E-state index is 3.60. The summed E-state index contributed by atoms with van der Waals surface area (Å²) in [5, 5.41) is 7.07. The summed E-state index contributed by atoms with van der Waals surface area (Å²) < 4.78 is 0. The van der Waals surface area contributed by atoms with E-state index in [1.54, 1.807) is 0 Å². The van der Waals surface area contributed by atoms with E-state index < -0.39 is 0 Å². The van der Waals surface area contributed by atoms with Crippen LogP contribution >= 0.6 is 0 Å². The Morgan fingerprint density at radius 2 is 2.00 bits per heavy atom. The van der Waals surface area contributed by atoms with Crippen LogP contribution in [0.5, 0.6) is 0 Å². The second kappa shape index (κ2) is 3.53. The van der Waals surface area contributed by atoms with Crippen LogP contribution in [0, 0.1) is 5.41 Å². The first-order valence-corrected chi connectivity index (χ1v) is 5.89. The van der Waals surface area contributed by atoms with Gasteiger partial charge in [0, 0.05) is 18.3 Å². The minimum absolute atomic E-state index is 0.645. The molecule has 0 aromatic heterocycles. The van der Waals surface area contributed by atoms with Crippen molar-refractivity contribution in [1.29, 1.82) is 0 Å². The smallest absolute Gasteiger partial charge is 0.0342 e. The fourth-order valence-electron chi connectivity index (χ4n) is 3.00. The maximum Gasteiger partial charge on any atom is 0.0342 e. The number of para-hydroxylation sites is 1. The molecule has 2 aliphatic rings. The third-order valence-electron chi connectivity index (χ3n) is 3.84. The van der Waals surface area contributed by atoms with Crippen LogP contribution in [0.3, 0.4) is 0 Å². The van der Waals surface area contributed by atoms with Crippen LogP contribution in [0.25, 0.3) is 0 Å². The molecule has 1 saturated heterocycles.